The standard InChI is InChI=1S/C13H22N2O5/c1-13(2-4-20-5-3-13)8-14-12(19)15-7-9(16)6-10(15)11(17)18/h9-10,16H,2-8H2,1H3,(H,14,19)(H,17,18)/t9-,10-/m0/s1. The Kier molecular flexibility index (Phi) is 4.49. The molecule has 2 saturated heterocycles. The number of carboxylic acids is 1. The van der Waals surface area contributed by atoms with Gasteiger partial charge in [0.25, 0.3) is 0 Å². The first-order chi connectivity index (χ1) is 9.41. The van der Waals surface area contributed by atoms with Crippen LogP contribution in [0.5, 0.6) is 0 Å². The quantitative estimate of drug-likeness (QED) is 0.680. The molecule has 2 amide bonds. The summed E-state index contributed by atoms with van der Waals surface area (Å²) in [5.74, 6) is -1.08. The third-order valence-electron chi connectivity index (χ3n) is 4.19. The number of ether oxygens (including phenoxy) is 1. The zero-order valence-electron chi connectivity index (χ0n) is 11.7. The molecular weight excluding hydrogens is 264 g/mol. The van der Waals surface area contributed by atoms with Crippen LogP contribution in [0.25, 0.3) is 0 Å². The highest BCUT2D eigenvalue weighted by molar-refractivity contribution is 5.83. The van der Waals surface area contributed by atoms with Crippen molar-refractivity contribution in [2.45, 2.75) is 38.3 Å². The zero-order chi connectivity index (χ0) is 14.8. The molecule has 7 nitrogen and oxygen atoms in total. The Morgan fingerprint density at radius 2 is 2.05 bits per heavy atom. The van der Waals surface area contributed by atoms with E-state index in [1.807, 2.05) is 0 Å². The minimum Gasteiger partial charge on any atom is -0.480 e. The average molecular weight is 286 g/mol. The van der Waals surface area contributed by atoms with E-state index in [1.165, 1.54) is 4.90 Å². The molecule has 2 heterocycles. The molecule has 7 heteroatoms. The number of carboxylic acid groups (broad SMARTS) is 1. The number of nitrogens with one attached hydrogen (secondary N) is 1. The first kappa shape index (κ1) is 15.1. The van der Waals surface area contributed by atoms with Crippen molar-refractivity contribution in [3.05, 3.63) is 0 Å². The van der Waals surface area contributed by atoms with Crippen LogP contribution in [0.2, 0.25) is 0 Å². The van der Waals surface area contributed by atoms with Crippen molar-refractivity contribution < 1.29 is 24.5 Å². The Morgan fingerprint density at radius 1 is 1.40 bits per heavy atom. The summed E-state index contributed by atoms with van der Waals surface area (Å²) >= 11 is 0. The van der Waals surface area contributed by atoms with Gasteiger partial charge in [0.05, 0.1) is 6.10 Å². The van der Waals surface area contributed by atoms with Gasteiger partial charge >= 0.3 is 12.0 Å². The molecule has 0 aromatic rings. The van der Waals surface area contributed by atoms with E-state index in [-0.39, 0.29) is 18.4 Å². The Balaban J connectivity index is 1.89. The summed E-state index contributed by atoms with van der Waals surface area (Å²) in [6.45, 7) is 4.03. The van der Waals surface area contributed by atoms with Gasteiger partial charge in [0.2, 0.25) is 0 Å². The van der Waals surface area contributed by atoms with Gasteiger partial charge in [-0.05, 0) is 18.3 Å². The number of β-amino-alcohol motifs (C(OH)–C–C–N with tert-alkyl or cyclic N) is 1. The third-order valence-corrected chi connectivity index (χ3v) is 4.19. The molecule has 0 bridgehead atoms. The Bertz CT molecular complexity index is 381. The van der Waals surface area contributed by atoms with Crippen LogP contribution in [0.1, 0.15) is 26.2 Å². The fourth-order valence-electron chi connectivity index (χ4n) is 2.70. The highest BCUT2D eigenvalue weighted by atomic mass is 16.5. The summed E-state index contributed by atoms with van der Waals surface area (Å²) in [6.07, 6.45) is 1.07. The van der Waals surface area contributed by atoms with Crippen molar-refractivity contribution in [2.75, 3.05) is 26.3 Å². The number of hydrogen-bond donors (Lipinski definition) is 3. The Labute approximate surface area is 117 Å². The number of amides is 2. The first-order valence-corrected chi connectivity index (χ1v) is 6.94. The van der Waals surface area contributed by atoms with Crippen LogP contribution in [-0.2, 0) is 9.53 Å². The van der Waals surface area contributed by atoms with Gasteiger partial charge in [-0.2, -0.15) is 0 Å². The van der Waals surface area contributed by atoms with Crippen LogP contribution in [0.3, 0.4) is 0 Å². The second-order valence-electron chi connectivity index (χ2n) is 5.98. The number of aliphatic carboxylic acids is 1. The average Bonchev–Trinajstić information content (AvgIpc) is 2.79. The summed E-state index contributed by atoms with van der Waals surface area (Å²) in [6, 6.07) is -1.35. The number of aliphatic hydroxyl groups is 1. The second kappa shape index (κ2) is 5.97. The highest BCUT2D eigenvalue weighted by Gasteiger charge is 2.39. The van der Waals surface area contributed by atoms with E-state index in [2.05, 4.69) is 12.2 Å². The lowest BCUT2D eigenvalue weighted by Gasteiger charge is -2.34. The lowest BCUT2D eigenvalue weighted by atomic mass is 9.82. The van der Waals surface area contributed by atoms with Gasteiger partial charge in [-0.15, -0.1) is 0 Å². The van der Waals surface area contributed by atoms with Gasteiger partial charge in [-0.25, -0.2) is 9.59 Å². The maximum atomic E-state index is 12.1. The normalized spacial score (nSPS) is 29.2. The zero-order valence-corrected chi connectivity index (χ0v) is 11.7. The molecule has 2 rings (SSSR count). The first-order valence-electron chi connectivity index (χ1n) is 6.94. The topological polar surface area (TPSA) is 99.1 Å². The van der Waals surface area contributed by atoms with Crippen molar-refractivity contribution in [3.8, 4) is 0 Å². The van der Waals surface area contributed by atoms with Crippen molar-refractivity contribution in [2.24, 2.45) is 5.41 Å². The molecular formula is C13H22N2O5. The SMILES string of the molecule is CC1(CNC(=O)N2C[C@@H](O)C[C@H]2C(=O)O)CCOCC1. The molecule has 0 radical (unpaired) electrons. The largest absolute Gasteiger partial charge is 0.480 e. The molecule has 2 fully saturated rings. The molecule has 0 aliphatic carbocycles. The van der Waals surface area contributed by atoms with Gasteiger partial charge in [0, 0.05) is 32.7 Å². The molecule has 0 aromatic carbocycles. The number of hydrogen-bond acceptors (Lipinski definition) is 4. The summed E-state index contributed by atoms with van der Waals surface area (Å²) in [5.41, 5.74) is -0.00896. The van der Waals surface area contributed by atoms with Gasteiger partial charge in [0.15, 0.2) is 0 Å². The van der Waals surface area contributed by atoms with Gasteiger partial charge in [-0.3, -0.25) is 0 Å². The van der Waals surface area contributed by atoms with E-state index in [0.29, 0.717) is 19.8 Å². The molecule has 3 N–H and O–H groups in total. The molecule has 20 heavy (non-hydrogen) atoms. The van der Waals surface area contributed by atoms with E-state index in [0.717, 1.165) is 12.8 Å². The van der Waals surface area contributed by atoms with Gasteiger partial charge < -0.3 is 25.2 Å². The number of aliphatic hydroxyl groups excluding tert-OH is 1. The van der Waals surface area contributed by atoms with E-state index in [9.17, 15) is 14.7 Å². The minimum absolute atomic E-state index is 0.00896. The molecule has 0 spiro atoms. The summed E-state index contributed by atoms with van der Waals surface area (Å²) in [5, 5.41) is 21.4. The molecule has 0 aromatic heterocycles. The third kappa shape index (κ3) is 3.40. The number of likely N-dealkylation sites (tertiary alicyclic amines) is 1. The number of carbonyl (C=O) groups is 2. The summed E-state index contributed by atoms with van der Waals surface area (Å²) in [4.78, 5) is 24.4. The smallest absolute Gasteiger partial charge is 0.326 e. The highest BCUT2D eigenvalue weighted by Crippen LogP contribution is 2.29. The predicted octanol–water partition coefficient (Wildman–Crippen LogP) is 0.0325. The second-order valence-corrected chi connectivity index (χ2v) is 5.98. The fourth-order valence-corrected chi connectivity index (χ4v) is 2.70. The Hall–Kier alpha value is -1.34. The number of nitrogens with zero attached hydrogens (tertiary/aromatic N) is 1. The predicted molar refractivity (Wildman–Crippen MR) is 70.3 cm³/mol. The maximum Gasteiger partial charge on any atom is 0.326 e. The molecule has 2 atom stereocenters. The van der Waals surface area contributed by atoms with Crippen LogP contribution in [-0.4, -0.2) is 65.6 Å². The summed E-state index contributed by atoms with van der Waals surface area (Å²) in [7, 11) is 0. The lowest BCUT2D eigenvalue weighted by Crippen LogP contribution is -2.49. The van der Waals surface area contributed by atoms with Crippen molar-refractivity contribution in [3.63, 3.8) is 0 Å². The molecule has 114 valence electrons. The van der Waals surface area contributed by atoms with Crippen molar-refractivity contribution in [1.82, 2.24) is 10.2 Å². The van der Waals surface area contributed by atoms with Crippen LogP contribution in [0.15, 0.2) is 0 Å². The van der Waals surface area contributed by atoms with E-state index in [4.69, 9.17) is 9.84 Å². The summed E-state index contributed by atoms with van der Waals surface area (Å²) < 4.78 is 5.30. The van der Waals surface area contributed by atoms with E-state index in [1.54, 1.807) is 0 Å². The van der Waals surface area contributed by atoms with Crippen LogP contribution < -0.4 is 5.32 Å². The molecule has 2 aliphatic rings. The van der Waals surface area contributed by atoms with Crippen molar-refractivity contribution in [1.29, 1.82) is 0 Å². The van der Waals surface area contributed by atoms with Gasteiger partial charge in [-0.1, -0.05) is 6.92 Å². The Morgan fingerprint density at radius 3 is 2.65 bits per heavy atom. The monoisotopic (exact) mass is 286 g/mol. The van der Waals surface area contributed by atoms with Crippen molar-refractivity contribution >= 4 is 12.0 Å². The molecule has 2 aliphatic heterocycles. The maximum absolute atomic E-state index is 12.1. The van der Waals surface area contributed by atoms with Crippen LogP contribution in [0.4, 0.5) is 4.79 Å². The van der Waals surface area contributed by atoms with E-state index >= 15 is 0 Å². The molecule has 0 unspecified atom stereocenters. The number of rotatable bonds is 3. The van der Waals surface area contributed by atoms with Gasteiger partial charge in [0.1, 0.15) is 6.04 Å². The van der Waals surface area contributed by atoms with Crippen LogP contribution in [0, 0.1) is 5.41 Å². The van der Waals surface area contributed by atoms with Crippen LogP contribution >= 0.6 is 0 Å². The molecule has 0 saturated carbocycles. The number of carbonyl (C=O) groups excluding carboxylic acids is 1. The minimum atomic E-state index is -1.08. The fraction of sp³-hybridized carbons (Fsp3) is 0.846. The number of urea groups is 1. The lowest BCUT2D eigenvalue weighted by molar-refractivity contribution is -0.141. The van der Waals surface area contributed by atoms with E-state index < -0.39 is 24.1 Å².